The van der Waals surface area contributed by atoms with E-state index in [4.69, 9.17) is 0 Å². The van der Waals surface area contributed by atoms with Crippen molar-refractivity contribution in [1.82, 2.24) is 10.2 Å². The number of rotatable bonds is 5. The lowest BCUT2D eigenvalue weighted by atomic mass is 10.1. The van der Waals surface area contributed by atoms with Crippen LogP contribution >= 0.6 is 0 Å². The quantitative estimate of drug-likeness (QED) is 0.665. The Bertz CT molecular complexity index is 224. The van der Waals surface area contributed by atoms with E-state index in [0.717, 1.165) is 50.3 Å². The van der Waals surface area contributed by atoms with Gasteiger partial charge in [-0.1, -0.05) is 25.8 Å². The number of nitrogens with one attached hydrogen (secondary N) is 1. The Morgan fingerprint density at radius 3 is 2.50 bits per heavy atom. The van der Waals surface area contributed by atoms with E-state index in [2.05, 4.69) is 30.0 Å². The second-order valence-corrected chi connectivity index (χ2v) is 3.67. The summed E-state index contributed by atoms with van der Waals surface area (Å²) in [5, 5.41) is 3.34. The van der Waals surface area contributed by atoms with Crippen molar-refractivity contribution in [2.24, 2.45) is 0 Å². The van der Waals surface area contributed by atoms with E-state index in [0.29, 0.717) is 0 Å². The largest absolute Gasteiger partial charge is 0.314 e. The van der Waals surface area contributed by atoms with Crippen molar-refractivity contribution in [1.29, 1.82) is 0 Å². The molecule has 0 unspecified atom stereocenters. The molecular formula is C12H20N2. The molecule has 1 heterocycles. The van der Waals surface area contributed by atoms with Crippen molar-refractivity contribution in [2.75, 3.05) is 32.7 Å². The number of piperazine rings is 1. The molecule has 1 aliphatic rings. The molecule has 0 aliphatic carbocycles. The van der Waals surface area contributed by atoms with Gasteiger partial charge in [0, 0.05) is 32.7 Å². The predicted octanol–water partition coefficient (Wildman–Crippen LogP) is 1.58. The van der Waals surface area contributed by atoms with Crippen LogP contribution < -0.4 is 5.32 Å². The standard InChI is InChI=1S/C12H20N2/c1-4-11(2)12(3)5-8-14-9-6-13-7-10-14/h4,13H,1-3,5-10H2. The van der Waals surface area contributed by atoms with Gasteiger partial charge in [0.25, 0.3) is 0 Å². The minimum Gasteiger partial charge on any atom is -0.314 e. The fourth-order valence-corrected chi connectivity index (χ4v) is 1.53. The molecule has 14 heavy (non-hydrogen) atoms. The van der Waals surface area contributed by atoms with Crippen LogP contribution in [0.1, 0.15) is 6.42 Å². The zero-order valence-corrected chi connectivity index (χ0v) is 8.89. The summed E-state index contributed by atoms with van der Waals surface area (Å²) >= 11 is 0. The highest BCUT2D eigenvalue weighted by molar-refractivity contribution is 5.33. The molecule has 0 saturated carbocycles. The third-order valence-corrected chi connectivity index (χ3v) is 2.64. The Morgan fingerprint density at radius 2 is 1.93 bits per heavy atom. The zero-order valence-electron chi connectivity index (χ0n) is 8.89. The van der Waals surface area contributed by atoms with Crippen molar-refractivity contribution in [3.63, 3.8) is 0 Å². The van der Waals surface area contributed by atoms with Crippen LogP contribution in [0.4, 0.5) is 0 Å². The van der Waals surface area contributed by atoms with Crippen molar-refractivity contribution in [2.45, 2.75) is 6.42 Å². The first-order chi connectivity index (χ1) is 6.74. The van der Waals surface area contributed by atoms with Crippen LogP contribution in [-0.2, 0) is 0 Å². The van der Waals surface area contributed by atoms with Gasteiger partial charge in [0.2, 0.25) is 0 Å². The fraction of sp³-hybridized carbons (Fsp3) is 0.500. The third kappa shape index (κ3) is 3.48. The van der Waals surface area contributed by atoms with E-state index < -0.39 is 0 Å². The molecule has 0 aromatic carbocycles. The highest BCUT2D eigenvalue weighted by atomic mass is 15.2. The molecule has 78 valence electrons. The van der Waals surface area contributed by atoms with Crippen LogP contribution in [-0.4, -0.2) is 37.6 Å². The minimum atomic E-state index is 0.972. The van der Waals surface area contributed by atoms with Crippen LogP contribution in [0.5, 0.6) is 0 Å². The van der Waals surface area contributed by atoms with E-state index in [9.17, 15) is 0 Å². The first kappa shape index (κ1) is 11.2. The maximum absolute atomic E-state index is 4.00. The molecule has 0 aromatic rings. The molecule has 1 N–H and O–H groups in total. The van der Waals surface area contributed by atoms with Gasteiger partial charge >= 0.3 is 0 Å². The summed E-state index contributed by atoms with van der Waals surface area (Å²) in [7, 11) is 0. The molecule has 2 nitrogen and oxygen atoms in total. The summed E-state index contributed by atoms with van der Waals surface area (Å²) < 4.78 is 0. The minimum absolute atomic E-state index is 0.972. The first-order valence-electron chi connectivity index (χ1n) is 5.16. The summed E-state index contributed by atoms with van der Waals surface area (Å²) in [5.41, 5.74) is 2.08. The van der Waals surface area contributed by atoms with Gasteiger partial charge in [-0.3, -0.25) is 0 Å². The molecule has 1 aliphatic heterocycles. The SMILES string of the molecule is C=CC(=C)C(=C)CCN1CCNCC1. The van der Waals surface area contributed by atoms with Gasteiger partial charge in [-0.2, -0.15) is 0 Å². The smallest absolute Gasteiger partial charge is 0.0108 e. The molecule has 0 radical (unpaired) electrons. The third-order valence-electron chi connectivity index (χ3n) is 2.64. The summed E-state index contributed by atoms with van der Waals surface area (Å²) in [6.07, 6.45) is 2.78. The Labute approximate surface area is 87.0 Å². The van der Waals surface area contributed by atoms with Gasteiger partial charge in [-0.15, -0.1) is 0 Å². The normalized spacial score (nSPS) is 17.7. The van der Waals surface area contributed by atoms with E-state index in [1.807, 2.05) is 0 Å². The molecular weight excluding hydrogens is 172 g/mol. The highest BCUT2D eigenvalue weighted by Crippen LogP contribution is 2.11. The molecule has 1 fully saturated rings. The Balaban J connectivity index is 2.21. The Hall–Kier alpha value is -0.860. The molecule has 0 spiro atoms. The summed E-state index contributed by atoms with van der Waals surface area (Å²) in [6.45, 7) is 17.2. The summed E-state index contributed by atoms with van der Waals surface area (Å²) in [6, 6.07) is 0. The van der Waals surface area contributed by atoms with Crippen LogP contribution in [0.3, 0.4) is 0 Å². The number of hydrogen-bond donors (Lipinski definition) is 1. The van der Waals surface area contributed by atoms with Crippen molar-refractivity contribution < 1.29 is 0 Å². The fourth-order valence-electron chi connectivity index (χ4n) is 1.53. The Morgan fingerprint density at radius 1 is 1.29 bits per heavy atom. The maximum Gasteiger partial charge on any atom is 0.0108 e. The predicted molar refractivity (Wildman–Crippen MR) is 62.4 cm³/mol. The number of hydrogen-bond acceptors (Lipinski definition) is 2. The van der Waals surface area contributed by atoms with E-state index in [1.54, 1.807) is 6.08 Å². The van der Waals surface area contributed by atoms with Crippen molar-refractivity contribution in [3.05, 3.63) is 37.0 Å². The van der Waals surface area contributed by atoms with Gasteiger partial charge in [0.05, 0.1) is 0 Å². The second-order valence-electron chi connectivity index (χ2n) is 3.67. The van der Waals surface area contributed by atoms with Crippen molar-refractivity contribution in [3.8, 4) is 0 Å². The van der Waals surface area contributed by atoms with Gasteiger partial charge in [0.1, 0.15) is 0 Å². The van der Waals surface area contributed by atoms with Gasteiger partial charge in [-0.25, -0.2) is 0 Å². The average Bonchev–Trinajstić information content (AvgIpc) is 2.26. The lowest BCUT2D eigenvalue weighted by molar-refractivity contribution is 0.244. The van der Waals surface area contributed by atoms with Gasteiger partial charge in [-0.05, 0) is 17.6 Å². The van der Waals surface area contributed by atoms with E-state index >= 15 is 0 Å². The summed E-state index contributed by atoms with van der Waals surface area (Å²) in [4.78, 5) is 2.46. The van der Waals surface area contributed by atoms with Gasteiger partial charge < -0.3 is 10.2 Å². The van der Waals surface area contributed by atoms with Crippen LogP contribution in [0.25, 0.3) is 0 Å². The number of allylic oxidation sites excluding steroid dienone is 2. The molecule has 1 rings (SSSR count). The molecule has 2 heteroatoms. The molecule has 0 bridgehead atoms. The average molecular weight is 192 g/mol. The van der Waals surface area contributed by atoms with Gasteiger partial charge in [0.15, 0.2) is 0 Å². The zero-order chi connectivity index (χ0) is 10.4. The number of nitrogens with zero attached hydrogens (tertiary/aromatic N) is 1. The Kier molecular flexibility index (Phi) is 4.63. The molecule has 0 amide bonds. The second kappa shape index (κ2) is 5.78. The van der Waals surface area contributed by atoms with E-state index in [-0.39, 0.29) is 0 Å². The topological polar surface area (TPSA) is 15.3 Å². The van der Waals surface area contributed by atoms with E-state index in [1.165, 1.54) is 0 Å². The van der Waals surface area contributed by atoms with Crippen LogP contribution in [0, 0.1) is 0 Å². The van der Waals surface area contributed by atoms with Crippen LogP contribution in [0.15, 0.2) is 37.0 Å². The lowest BCUT2D eigenvalue weighted by Gasteiger charge is -2.27. The lowest BCUT2D eigenvalue weighted by Crippen LogP contribution is -2.43. The highest BCUT2D eigenvalue weighted by Gasteiger charge is 2.09. The molecule has 0 atom stereocenters. The molecule has 1 saturated heterocycles. The van der Waals surface area contributed by atoms with Crippen LogP contribution in [0.2, 0.25) is 0 Å². The monoisotopic (exact) mass is 192 g/mol. The summed E-state index contributed by atoms with van der Waals surface area (Å²) in [5.74, 6) is 0. The first-order valence-corrected chi connectivity index (χ1v) is 5.16. The molecule has 0 aromatic heterocycles. The van der Waals surface area contributed by atoms with Crippen molar-refractivity contribution >= 4 is 0 Å². The maximum atomic E-state index is 4.00.